The molecule has 0 amide bonds. The van der Waals surface area contributed by atoms with Crippen LogP contribution in [-0.4, -0.2) is 18.8 Å². The first-order valence-corrected chi connectivity index (χ1v) is 8.04. The van der Waals surface area contributed by atoms with E-state index in [-0.39, 0.29) is 0 Å². The van der Waals surface area contributed by atoms with Crippen molar-refractivity contribution in [3.05, 3.63) is 52.2 Å². The number of likely N-dealkylation sites (N-methyl/N-ethyl adjacent to an activating group) is 1. The third-order valence-electron chi connectivity index (χ3n) is 2.97. The molecule has 1 heterocycles. The molecule has 3 heteroatoms. The smallest absolute Gasteiger partial charge is 0.0206 e. The molecule has 0 aliphatic heterocycles. The average Bonchev–Trinajstić information content (AvgIpc) is 2.89. The van der Waals surface area contributed by atoms with Gasteiger partial charge in [0.25, 0.3) is 0 Å². The van der Waals surface area contributed by atoms with Crippen molar-refractivity contribution < 1.29 is 0 Å². The standard InChI is InChI=1S/C15H19NS2/c1-12-6-3-4-8-15(12)18-11-13(16-2)10-14-7-5-9-17-14/h3-9,13,16H,10-11H2,1-2H3. The van der Waals surface area contributed by atoms with Crippen LogP contribution in [0.3, 0.4) is 0 Å². The highest BCUT2D eigenvalue weighted by Gasteiger charge is 2.09. The van der Waals surface area contributed by atoms with E-state index < -0.39 is 0 Å². The van der Waals surface area contributed by atoms with Gasteiger partial charge in [0, 0.05) is 21.6 Å². The van der Waals surface area contributed by atoms with Crippen LogP contribution in [0.1, 0.15) is 10.4 Å². The lowest BCUT2D eigenvalue weighted by atomic mass is 10.2. The molecule has 1 unspecified atom stereocenters. The fraction of sp³-hybridized carbons (Fsp3) is 0.333. The number of thioether (sulfide) groups is 1. The molecule has 0 aliphatic rings. The topological polar surface area (TPSA) is 12.0 Å². The summed E-state index contributed by atoms with van der Waals surface area (Å²) in [5.74, 6) is 1.11. The van der Waals surface area contributed by atoms with Crippen molar-refractivity contribution in [2.45, 2.75) is 24.3 Å². The molecule has 2 rings (SSSR count). The molecule has 0 radical (unpaired) electrons. The van der Waals surface area contributed by atoms with Gasteiger partial charge in [-0.3, -0.25) is 0 Å². The molecule has 0 bridgehead atoms. The number of nitrogens with one attached hydrogen (secondary N) is 1. The molecule has 2 aromatic rings. The van der Waals surface area contributed by atoms with Gasteiger partial charge in [-0.2, -0.15) is 0 Å². The molecule has 0 spiro atoms. The van der Waals surface area contributed by atoms with Gasteiger partial charge in [-0.25, -0.2) is 0 Å². The summed E-state index contributed by atoms with van der Waals surface area (Å²) in [6.07, 6.45) is 1.12. The van der Waals surface area contributed by atoms with Crippen molar-refractivity contribution in [1.29, 1.82) is 0 Å². The van der Waals surface area contributed by atoms with Crippen LogP contribution >= 0.6 is 23.1 Å². The van der Waals surface area contributed by atoms with Gasteiger partial charge in [-0.1, -0.05) is 24.3 Å². The molecular formula is C15H19NS2. The van der Waals surface area contributed by atoms with Gasteiger partial charge in [0.1, 0.15) is 0 Å². The number of hydrogen-bond donors (Lipinski definition) is 1. The average molecular weight is 277 g/mol. The van der Waals surface area contributed by atoms with Gasteiger partial charge in [0.2, 0.25) is 0 Å². The normalized spacial score (nSPS) is 12.6. The third kappa shape index (κ3) is 3.87. The quantitative estimate of drug-likeness (QED) is 0.802. The Morgan fingerprint density at radius 1 is 1.22 bits per heavy atom. The molecule has 18 heavy (non-hydrogen) atoms. The van der Waals surface area contributed by atoms with E-state index in [4.69, 9.17) is 0 Å². The number of benzene rings is 1. The summed E-state index contributed by atoms with van der Waals surface area (Å²) >= 11 is 3.79. The largest absolute Gasteiger partial charge is 0.316 e. The fourth-order valence-electron chi connectivity index (χ4n) is 1.82. The van der Waals surface area contributed by atoms with Crippen molar-refractivity contribution in [1.82, 2.24) is 5.32 Å². The number of hydrogen-bond acceptors (Lipinski definition) is 3. The maximum atomic E-state index is 3.42. The summed E-state index contributed by atoms with van der Waals surface area (Å²) < 4.78 is 0. The predicted molar refractivity (Wildman–Crippen MR) is 82.8 cm³/mol. The van der Waals surface area contributed by atoms with Crippen molar-refractivity contribution >= 4 is 23.1 Å². The first-order valence-electron chi connectivity index (χ1n) is 6.17. The molecule has 1 nitrogen and oxygen atoms in total. The van der Waals surface area contributed by atoms with Crippen molar-refractivity contribution in [2.75, 3.05) is 12.8 Å². The second kappa shape index (κ2) is 6.98. The Hall–Kier alpha value is -0.770. The lowest BCUT2D eigenvalue weighted by molar-refractivity contribution is 0.622. The molecule has 0 fully saturated rings. The van der Waals surface area contributed by atoms with E-state index in [2.05, 4.69) is 61.1 Å². The number of aryl methyl sites for hydroxylation is 1. The highest BCUT2D eigenvalue weighted by molar-refractivity contribution is 7.99. The van der Waals surface area contributed by atoms with Crippen LogP contribution in [0.15, 0.2) is 46.7 Å². The van der Waals surface area contributed by atoms with E-state index in [1.807, 2.05) is 23.1 Å². The summed E-state index contributed by atoms with van der Waals surface area (Å²) in [5, 5.41) is 5.57. The summed E-state index contributed by atoms with van der Waals surface area (Å²) in [6, 6.07) is 13.5. The maximum absolute atomic E-state index is 3.42. The van der Waals surface area contributed by atoms with E-state index in [0.29, 0.717) is 6.04 Å². The summed E-state index contributed by atoms with van der Waals surface area (Å²) in [7, 11) is 2.05. The van der Waals surface area contributed by atoms with Crippen LogP contribution in [0.5, 0.6) is 0 Å². The van der Waals surface area contributed by atoms with Crippen LogP contribution in [-0.2, 0) is 6.42 Å². The highest BCUT2D eigenvalue weighted by atomic mass is 32.2. The minimum Gasteiger partial charge on any atom is -0.316 e. The van der Waals surface area contributed by atoms with E-state index in [1.54, 1.807) is 0 Å². The molecule has 0 saturated heterocycles. The van der Waals surface area contributed by atoms with Crippen molar-refractivity contribution in [3.63, 3.8) is 0 Å². The monoisotopic (exact) mass is 277 g/mol. The van der Waals surface area contributed by atoms with Gasteiger partial charge in [0.15, 0.2) is 0 Å². The molecule has 1 N–H and O–H groups in total. The van der Waals surface area contributed by atoms with Crippen LogP contribution in [0.2, 0.25) is 0 Å². The maximum Gasteiger partial charge on any atom is 0.0206 e. The Balaban J connectivity index is 1.89. The minimum atomic E-state index is 0.535. The van der Waals surface area contributed by atoms with Gasteiger partial charge < -0.3 is 5.32 Å². The second-order valence-corrected chi connectivity index (χ2v) is 6.44. The Labute approximate surface area is 118 Å². The Morgan fingerprint density at radius 3 is 2.72 bits per heavy atom. The molecular weight excluding hydrogens is 258 g/mol. The molecule has 96 valence electrons. The third-order valence-corrected chi connectivity index (χ3v) is 5.21. The zero-order chi connectivity index (χ0) is 12.8. The van der Waals surface area contributed by atoms with Crippen LogP contribution in [0, 0.1) is 6.92 Å². The number of thiophene rings is 1. The van der Waals surface area contributed by atoms with Gasteiger partial charge in [0.05, 0.1) is 0 Å². The Morgan fingerprint density at radius 2 is 2.06 bits per heavy atom. The SMILES string of the molecule is CNC(CSc1ccccc1C)Cc1cccs1. The fourth-order valence-corrected chi connectivity index (χ4v) is 3.75. The predicted octanol–water partition coefficient (Wildman–Crippen LogP) is 3.98. The van der Waals surface area contributed by atoms with E-state index in [0.717, 1.165) is 12.2 Å². The van der Waals surface area contributed by atoms with Gasteiger partial charge in [-0.15, -0.1) is 23.1 Å². The first-order chi connectivity index (χ1) is 8.79. The van der Waals surface area contributed by atoms with E-state index in [9.17, 15) is 0 Å². The Kier molecular flexibility index (Phi) is 5.29. The molecule has 0 aliphatic carbocycles. The molecule has 1 aromatic carbocycles. The van der Waals surface area contributed by atoms with Gasteiger partial charge in [-0.05, 0) is 43.5 Å². The Bertz CT molecular complexity index is 465. The molecule has 1 atom stereocenters. The van der Waals surface area contributed by atoms with Crippen LogP contribution in [0.25, 0.3) is 0 Å². The second-order valence-electron chi connectivity index (χ2n) is 4.35. The lowest BCUT2D eigenvalue weighted by Gasteiger charge is -2.15. The van der Waals surface area contributed by atoms with E-state index in [1.165, 1.54) is 15.3 Å². The van der Waals surface area contributed by atoms with Crippen molar-refractivity contribution in [3.8, 4) is 0 Å². The van der Waals surface area contributed by atoms with Crippen LogP contribution in [0.4, 0.5) is 0 Å². The zero-order valence-corrected chi connectivity index (χ0v) is 12.5. The number of rotatable bonds is 6. The summed E-state index contributed by atoms with van der Waals surface area (Å²) in [6.45, 7) is 2.18. The van der Waals surface area contributed by atoms with Crippen LogP contribution < -0.4 is 5.32 Å². The highest BCUT2D eigenvalue weighted by Crippen LogP contribution is 2.23. The molecule has 1 aromatic heterocycles. The molecule has 0 saturated carbocycles. The lowest BCUT2D eigenvalue weighted by Crippen LogP contribution is -2.29. The van der Waals surface area contributed by atoms with E-state index >= 15 is 0 Å². The minimum absolute atomic E-state index is 0.535. The first kappa shape index (κ1) is 13.7. The summed E-state index contributed by atoms with van der Waals surface area (Å²) in [4.78, 5) is 2.85. The summed E-state index contributed by atoms with van der Waals surface area (Å²) in [5.41, 5.74) is 1.37. The van der Waals surface area contributed by atoms with Crippen molar-refractivity contribution in [2.24, 2.45) is 0 Å². The zero-order valence-electron chi connectivity index (χ0n) is 10.8. The van der Waals surface area contributed by atoms with Gasteiger partial charge >= 0.3 is 0 Å².